The van der Waals surface area contributed by atoms with Gasteiger partial charge in [-0.05, 0) is 29.7 Å². The highest BCUT2D eigenvalue weighted by atomic mass is 79.9. The van der Waals surface area contributed by atoms with E-state index in [1.165, 1.54) is 0 Å². The highest BCUT2D eigenvalue weighted by molar-refractivity contribution is 9.09. The third kappa shape index (κ3) is 3.44. The first kappa shape index (κ1) is 16.1. The molecule has 0 saturated heterocycles. The van der Waals surface area contributed by atoms with Crippen LogP contribution in [0.2, 0.25) is 0 Å². The second-order valence-electron chi connectivity index (χ2n) is 5.62. The fraction of sp³-hybridized carbons (Fsp3) is 0.222. The normalized spacial score (nSPS) is 13.4. The van der Waals surface area contributed by atoms with E-state index in [1.807, 2.05) is 55.5 Å². The number of nitrogens with one attached hydrogen (secondary N) is 1. The van der Waals surface area contributed by atoms with Crippen molar-refractivity contribution in [2.45, 2.75) is 24.3 Å². The predicted molar refractivity (Wildman–Crippen MR) is 90.8 cm³/mol. The summed E-state index contributed by atoms with van der Waals surface area (Å²) in [6.45, 7) is 1.96. The van der Waals surface area contributed by atoms with Gasteiger partial charge in [0.1, 0.15) is 0 Å². The molecule has 1 atom stereocenters. The average molecular weight is 382 g/mol. The van der Waals surface area contributed by atoms with E-state index < -0.39 is 17.4 Å². The molecule has 0 saturated carbocycles. The van der Waals surface area contributed by atoms with Crippen molar-refractivity contribution in [3.05, 3.63) is 59.7 Å². The molecule has 120 valence electrons. The summed E-state index contributed by atoms with van der Waals surface area (Å²) in [6.07, 6.45) is -5.13. The molecule has 1 nitrogen and oxygen atoms in total. The maximum absolute atomic E-state index is 12.9. The first-order valence-corrected chi connectivity index (χ1v) is 8.15. The lowest BCUT2D eigenvalue weighted by atomic mass is 10.0. The van der Waals surface area contributed by atoms with Crippen LogP contribution in [0.5, 0.6) is 0 Å². The number of aryl methyl sites for hydroxylation is 1. The molecular formula is C18H15BrF3N. The monoisotopic (exact) mass is 381 g/mol. The summed E-state index contributed by atoms with van der Waals surface area (Å²) in [7, 11) is 0. The smallest absolute Gasteiger partial charge is 0.354 e. The lowest BCUT2D eigenvalue weighted by Gasteiger charge is -2.14. The van der Waals surface area contributed by atoms with Gasteiger partial charge in [0.15, 0.2) is 0 Å². The van der Waals surface area contributed by atoms with Crippen LogP contribution >= 0.6 is 15.9 Å². The Morgan fingerprint density at radius 1 is 1.09 bits per heavy atom. The van der Waals surface area contributed by atoms with E-state index in [0.29, 0.717) is 5.56 Å². The van der Waals surface area contributed by atoms with Crippen molar-refractivity contribution < 1.29 is 13.2 Å². The standard InChI is InChI=1S/C18H15BrF3N/c1-11-7-8-13-15(9-11)23-17(12-5-3-2-4-6-12)16(13)14(19)10-18(20,21)22/h2-9,14,23H,10H2,1H3. The van der Waals surface area contributed by atoms with Crippen molar-refractivity contribution >= 4 is 26.8 Å². The van der Waals surface area contributed by atoms with Crippen molar-refractivity contribution in [2.24, 2.45) is 0 Å². The van der Waals surface area contributed by atoms with E-state index in [0.717, 1.165) is 27.7 Å². The number of aromatic amines is 1. The summed E-state index contributed by atoms with van der Waals surface area (Å²) in [5.74, 6) is 0. The van der Waals surface area contributed by atoms with Crippen molar-refractivity contribution in [3.8, 4) is 11.3 Å². The number of hydrogen-bond acceptors (Lipinski definition) is 0. The molecule has 23 heavy (non-hydrogen) atoms. The van der Waals surface area contributed by atoms with Crippen LogP contribution in [0.3, 0.4) is 0 Å². The van der Waals surface area contributed by atoms with Crippen LogP contribution in [-0.2, 0) is 0 Å². The number of benzene rings is 2. The molecular weight excluding hydrogens is 367 g/mol. The van der Waals surface area contributed by atoms with Crippen LogP contribution < -0.4 is 0 Å². The van der Waals surface area contributed by atoms with E-state index in [4.69, 9.17) is 0 Å². The third-order valence-electron chi connectivity index (χ3n) is 3.78. The van der Waals surface area contributed by atoms with E-state index in [1.54, 1.807) is 0 Å². The number of H-pyrrole nitrogens is 1. The van der Waals surface area contributed by atoms with Gasteiger partial charge in [-0.25, -0.2) is 0 Å². The van der Waals surface area contributed by atoms with Gasteiger partial charge in [-0.2, -0.15) is 13.2 Å². The SMILES string of the molecule is Cc1ccc2c(C(Br)CC(F)(F)F)c(-c3ccccc3)[nH]c2c1. The fourth-order valence-electron chi connectivity index (χ4n) is 2.80. The predicted octanol–water partition coefficient (Wildman–Crippen LogP) is 6.53. The largest absolute Gasteiger partial charge is 0.390 e. The maximum Gasteiger partial charge on any atom is 0.390 e. The summed E-state index contributed by atoms with van der Waals surface area (Å²) >= 11 is 3.25. The number of halogens is 4. The highest BCUT2D eigenvalue weighted by Gasteiger charge is 2.33. The molecule has 0 fully saturated rings. The van der Waals surface area contributed by atoms with Gasteiger partial charge < -0.3 is 4.98 Å². The molecule has 1 heterocycles. The molecule has 0 aliphatic heterocycles. The first-order chi connectivity index (χ1) is 10.8. The van der Waals surface area contributed by atoms with Gasteiger partial charge in [-0.3, -0.25) is 0 Å². The molecule has 2 aromatic carbocycles. The van der Waals surface area contributed by atoms with Crippen molar-refractivity contribution in [2.75, 3.05) is 0 Å². The minimum absolute atomic E-state index is 0.656. The van der Waals surface area contributed by atoms with Gasteiger partial charge in [0.05, 0.1) is 16.9 Å². The summed E-state index contributed by atoms with van der Waals surface area (Å²) in [5.41, 5.74) is 4.18. The minimum atomic E-state index is -4.23. The van der Waals surface area contributed by atoms with Crippen LogP contribution in [0.25, 0.3) is 22.2 Å². The molecule has 0 aliphatic rings. The second kappa shape index (κ2) is 6.04. The molecule has 0 amide bonds. The quantitative estimate of drug-likeness (QED) is 0.496. The van der Waals surface area contributed by atoms with Crippen LogP contribution in [0, 0.1) is 6.92 Å². The average Bonchev–Trinajstić information content (AvgIpc) is 2.85. The van der Waals surface area contributed by atoms with Crippen molar-refractivity contribution in [3.63, 3.8) is 0 Å². The summed E-state index contributed by atoms with van der Waals surface area (Å²) < 4.78 is 38.6. The summed E-state index contributed by atoms with van der Waals surface area (Å²) in [4.78, 5) is 2.49. The molecule has 3 aromatic rings. The van der Waals surface area contributed by atoms with Crippen LogP contribution in [0.4, 0.5) is 13.2 Å². The molecule has 5 heteroatoms. The lowest BCUT2D eigenvalue weighted by molar-refractivity contribution is -0.134. The Bertz CT molecular complexity index is 821. The highest BCUT2D eigenvalue weighted by Crippen LogP contribution is 2.43. The van der Waals surface area contributed by atoms with E-state index in [9.17, 15) is 13.2 Å². The van der Waals surface area contributed by atoms with Crippen molar-refractivity contribution in [1.29, 1.82) is 0 Å². The van der Waals surface area contributed by atoms with Crippen LogP contribution in [0.15, 0.2) is 48.5 Å². The Balaban J connectivity index is 2.20. The zero-order valence-electron chi connectivity index (χ0n) is 12.4. The van der Waals surface area contributed by atoms with Crippen LogP contribution in [0.1, 0.15) is 22.4 Å². The second-order valence-corrected chi connectivity index (χ2v) is 6.72. The molecule has 1 N–H and O–H groups in total. The Morgan fingerprint density at radius 2 is 1.78 bits per heavy atom. The molecule has 0 aliphatic carbocycles. The number of hydrogen-bond donors (Lipinski definition) is 1. The Labute approximate surface area is 140 Å². The Kier molecular flexibility index (Phi) is 4.23. The maximum atomic E-state index is 12.9. The first-order valence-electron chi connectivity index (χ1n) is 7.23. The van der Waals surface area contributed by atoms with Gasteiger partial charge in [-0.15, -0.1) is 0 Å². The fourth-order valence-corrected chi connectivity index (χ4v) is 3.64. The number of rotatable bonds is 3. The Morgan fingerprint density at radius 3 is 2.43 bits per heavy atom. The number of alkyl halides is 4. The van der Waals surface area contributed by atoms with Gasteiger partial charge in [0.2, 0.25) is 0 Å². The van der Waals surface area contributed by atoms with E-state index in [2.05, 4.69) is 20.9 Å². The third-order valence-corrected chi connectivity index (χ3v) is 4.56. The molecule has 0 bridgehead atoms. The number of fused-ring (bicyclic) bond motifs is 1. The summed E-state index contributed by atoms with van der Waals surface area (Å²) in [5, 5.41) is 0.820. The Hall–Kier alpha value is -1.75. The molecule has 3 rings (SSSR count). The molecule has 1 unspecified atom stereocenters. The van der Waals surface area contributed by atoms with E-state index in [-0.39, 0.29) is 0 Å². The zero-order chi connectivity index (χ0) is 16.6. The molecule has 0 spiro atoms. The van der Waals surface area contributed by atoms with Gasteiger partial charge in [0.25, 0.3) is 0 Å². The minimum Gasteiger partial charge on any atom is -0.354 e. The lowest BCUT2D eigenvalue weighted by Crippen LogP contribution is -2.10. The zero-order valence-corrected chi connectivity index (χ0v) is 14.0. The van der Waals surface area contributed by atoms with Gasteiger partial charge >= 0.3 is 6.18 Å². The molecule has 0 radical (unpaired) electrons. The van der Waals surface area contributed by atoms with E-state index >= 15 is 0 Å². The van der Waals surface area contributed by atoms with Gasteiger partial charge in [-0.1, -0.05) is 58.4 Å². The number of aromatic nitrogens is 1. The van der Waals surface area contributed by atoms with Crippen LogP contribution in [-0.4, -0.2) is 11.2 Å². The van der Waals surface area contributed by atoms with Crippen molar-refractivity contribution in [1.82, 2.24) is 4.98 Å². The molecule has 1 aromatic heterocycles. The summed E-state index contributed by atoms with van der Waals surface area (Å²) in [6, 6.07) is 15.2. The topological polar surface area (TPSA) is 15.8 Å². The van der Waals surface area contributed by atoms with Gasteiger partial charge in [0, 0.05) is 10.9 Å².